The molecule has 0 aliphatic carbocycles. The monoisotopic (exact) mass is 432 g/mol. The van der Waals surface area contributed by atoms with Crippen LogP contribution in [0.15, 0.2) is 42.5 Å². The number of hydrogen-bond acceptors (Lipinski definition) is 4. The number of fused-ring (bicyclic) bond motifs is 1. The van der Waals surface area contributed by atoms with E-state index in [0.29, 0.717) is 5.95 Å². The summed E-state index contributed by atoms with van der Waals surface area (Å²) in [6.07, 6.45) is 0.878. The molecule has 152 valence electrons. The maximum Gasteiger partial charge on any atom is 0.229 e. The van der Waals surface area contributed by atoms with Crippen molar-refractivity contribution in [1.82, 2.24) is 9.97 Å². The maximum atomic E-state index is 13.2. The molecule has 1 aliphatic rings. The molecular formula is C22H23Cl2FN4. The van der Waals surface area contributed by atoms with Gasteiger partial charge in [-0.05, 0) is 68.7 Å². The van der Waals surface area contributed by atoms with E-state index in [2.05, 4.69) is 28.2 Å². The number of benzene rings is 2. The second-order valence-corrected chi connectivity index (χ2v) is 7.55. The first-order chi connectivity index (χ1) is 13.4. The van der Waals surface area contributed by atoms with Crippen molar-refractivity contribution in [2.45, 2.75) is 33.2 Å². The van der Waals surface area contributed by atoms with Gasteiger partial charge in [0, 0.05) is 28.5 Å². The summed E-state index contributed by atoms with van der Waals surface area (Å²) in [4.78, 5) is 11.7. The van der Waals surface area contributed by atoms with Crippen molar-refractivity contribution < 1.29 is 4.39 Å². The summed E-state index contributed by atoms with van der Waals surface area (Å²) in [5.74, 6) is 1.15. The minimum absolute atomic E-state index is 0. The van der Waals surface area contributed by atoms with Gasteiger partial charge in [-0.1, -0.05) is 23.7 Å². The van der Waals surface area contributed by atoms with Gasteiger partial charge in [0.15, 0.2) is 0 Å². The van der Waals surface area contributed by atoms with Crippen molar-refractivity contribution in [3.8, 4) is 0 Å². The standard InChI is InChI=1S/C22H22ClFN4.ClH/c1-13-14(2)25-22(26-17-9-7-16(24)8-10-17)27-21(13)28-12-11-19-18(15(28)3)5-4-6-20(19)23;/h4-10,15H,11-12H2,1-3H3,(H,25,26,27);1H. The van der Waals surface area contributed by atoms with Gasteiger partial charge in [-0.2, -0.15) is 4.98 Å². The van der Waals surface area contributed by atoms with Crippen LogP contribution in [0.1, 0.15) is 35.3 Å². The Bertz CT molecular complexity index is 1020. The SMILES string of the molecule is Cc1nc(Nc2ccc(F)cc2)nc(N2CCc3c(Cl)cccc3C2C)c1C.Cl. The number of aromatic nitrogens is 2. The molecule has 1 unspecified atom stereocenters. The van der Waals surface area contributed by atoms with E-state index in [1.165, 1.54) is 23.3 Å². The van der Waals surface area contributed by atoms with Crippen LogP contribution in [0.2, 0.25) is 5.02 Å². The second-order valence-electron chi connectivity index (χ2n) is 7.14. The van der Waals surface area contributed by atoms with E-state index in [0.717, 1.165) is 40.8 Å². The number of anilines is 3. The van der Waals surface area contributed by atoms with Crippen molar-refractivity contribution >= 4 is 41.5 Å². The largest absolute Gasteiger partial charge is 0.349 e. The first-order valence-electron chi connectivity index (χ1n) is 9.36. The first kappa shape index (κ1) is 21.3. The minimum atomic E-state index is -0.272. The summed E-state index contributed by atoms with van der Waals surface area (Å²) in [5.41, 5.74) is 5.18. The summed E-state index contributed by atoms with van der Waals surface area (Å²) in [6, 6.07) is 12.4. The van der Waals surface area contributed by atoms with Crippen LogP contribution in [-0.2, 0) is 6.42 Å². The van der Waals surface area contributed by atoms with Gasteiger partial charge < -0.3 is 10.2 Å². The van der Waals surface area contributed by atoms with Crippen LogP contribution in [0.4, 0.5) is 21.8 Å². The van der Waals surface area contributed by atoms with E-state index >= 15 is 0 Å². The van der Waals surface area contributed by atoms with Crippen LogP contribution in [0.25, 0.3) is 0 Å². The lowest BCUT2D eigenvalue weighted by Crippen LogP contribution is -2.35. The topological polar surface area (TPSA) is 41.1 Å². The van der Waals surface area contributed by atoms with Gasteiger partial charge in [0.2, 0.25) is 5.95 Å². The highest BCUT2D eigenvalue weighted by molar-refractivity contribution is 6.31. The van der Waals surface area contributed by atoms with Crippen molar-refractivity contribution in [3.63, 3.8) is 0 Å². The minimum Gasteiger partial charge on any atom is -0.349 e. The van der Waals surface area contributed by atoms with E-state index in [1.54, 1.807) is 12.1 Å². The molecule has 7 heteroatoms. The first-order valence-corrected chi connectivity index (χ1v) is 9.73. The van der Waals surface area contributed by atoms with Gasteiger partial charge in [0.1, 0.15) is 11.6 Å². The molecule has 1 atom stereocenters. The number of nitrogens with zero attached hydrogens (tertiary/aromatic N) is 3. The molecule has 2 heterocycles. The Hall–Kier alpha value is -2.37. The summed E-state index contributed by atoms with van der Waals surface area (Å²) in [7, 11) is 0. The van der Waals surface area contributed by atoms with Crippen LogP contribution in [0, 0.1) is 19.7 Å². The molecule has 1 aromatic heterocycles. The van der Waals surface area contributed by atoms with Gasteiger partial charge in [-0.15, -0.1) is 12.4 Å². The summed E-state index contributed by atoms with van der Waals surface area (Å²) >= 11 is 6.40. The smallest absolute Gasteiger partial charge is 0.229 e. The Labute approximate surface area is 181 Å². The number of nitrogens with one attached hydrogen (secondary N) is 1. The van der Waals surface area contributed by atoms with E-state index in [9.17, 15) is 4.39 Å². The molecule has 2 aromatic carbocycles. The zero-order valence-corrected chi connectivity index (χ0v) is 18.1. The highest BCUT2D eigenvalue weighted by Gasteiger charge is 2.28. The van der Waals surface area contributed by atoms with Crippen LogP contribution >= 0.6 is 24.0 Å². The molecule has 0 saturated heterocycles. The van der Waals surface area contributed by atoms with Gasteiger partial charge in [-0.25, -0.2) is 9.37 Å². The predicted molar refractivity (Wildman–Crippen MR) is 119 cm³/mol. The number of aryl methyl sites for hydroxylation is 1. The molecule has 29 heavy (non-hydrogen) atoms. The van der Waals surface area contributed by atoms with Crippen LogP contribution in [-0.4, -0.2) is 16.5 Å². The fourth-order valence-corrected chi connectivity index (χ4v) is 4.00. The van der Waals surface area contributed by atoms with E-state index in [1.807, 2.05) is 26.0 Å². The molecule has 0 fully saturated rings. The third-order valence-electron chi connectivity index (χ3n) is 5.41. The van der Waals surface area contributed by atoms with Crippen molar-refractivity contribution in [3.05, 3.63) is 75.7 Å². The molecule has 0 radical (unpaired) electrons. The second kappa shape index (κ2) is 8.56. The van der Waals surface area contributed by atoms with Gasteiger partial charge >= 0.3 is 0 Å². The zero-order chi connectivity index (χ0) is 19.8. The number of halogens is 3. The fraction of sp³-hybridized carbons (Fsp3) is 0.273. The fourth-order valence-electron chi connectivity index (χ4n) is 3.73. The normalized spacial score (nSPS) is 15.5. The third kappa shape index (κ3) is 4.16. The Balaban J connectivity index is 0.00000240. The zero-order valence-electron chi connectivity index (χ0n) is 16.5. The lowest BCUT2D eigenvalue weighted by molar-refractivity contribution is 0.614. The van der Waals surface area contributed by atoms with Crippen molar-refractivity contribution in [2.75, 3.05) is 16.8 Å². The van der Waals surface area contributed by atoms with E-state index in [-0.39, 0.29) is 24.3 Å². The molecule has 0 saturated carbocycles. The molecule has 1 aliphatic heterocycles. The van der Waals surface area contributed by atoms with Gasteiger partial charge in [0.05, 0.1) is 6.04 Å². The average molecular weight is 433 g/mol. The Kier molecular flexibility index (Phi) is 6.30. The lowest BCUT2D eigenvalue weighted by atomic mass is 9.93. The summed E-state index contributed by atoms with van der Waals surface area (Å²) in [5, 5.41) is 4.02. The highest BCUT2D eigenvalue weighted by atomic mass is 35.5. The molecule has 0 bridgehead atoms. The van der Waals surface area contributed by atoms with Crippen molar-refractivity contribution in [1.29, 1.82) is 0 Å². The highest BCUT2D eigenvalue weighted by Crippen LogP contribution is 2.37. The Morgan fingerprint density at radius 3 is 2.55 bits per heavy atom. The lowest BCUT2D eigenvalue weighted by Gasteiger charge is -2.37. The summed E-state index contributed by atoms with van der Waals surface area (Å²) < 4.78 is 13.2. The molecule has 4 nitrogen and oxygen atoms in total. The van der Waals surface area contributed by atoms with Gasteiger partial charge in [-0.3, -0.25) is 0 Å². The predicted octanol–water partition coefficient (Wildman–Crippen LogP) is 6.18. The number of hydrogen-bond donors (Lipinski definition) is 1. The molecule has 1 N–H and O–H groups in total. The Morgan fingerprint density at radius 1 is 1.10 bits per heavy atom. The molecule has 3 aromatic rings. The molecule has 0 amide bonds. The third-order valence-corrected chi connectivity index (χ3v) is 5.77. The molecule has 0 spiro atoms. The molecule has 4 rings (SSSR count). The summed E-state index contributed by atoms with van der Waals surface area (Å²) in [6.45, 7) is 7.05. The molecular weight excluding hydrogens is 410 g/mol. The van der Waals surface area contributed by atoms with E-state index < -0.39 is 0 Å². The van der Waals surface area contributed by atoms with Crippen molar-refractivity contribution in [2.24, 2.45) is 0 Å². The van der Waals surface area contributed by atoms with E-state index in [4.69, 9.17) is 16.6 Å². The Morgan fingerprint density at radius 2 is 1.83 bits per heavy atom. The van der Waals surface area contributed by atoms with Crippen LogP contribution < -0.4 is 10.2 Å². The van der Waals surface area contributed by atoms with Crippen LogP contribution in [0.3, 0.4) is 0 Å². The van der Waals surface area contributed by atoms with Crippen LogP contribution in [0.5, 0.6) is 0 Å². The maximum absolute atomic E-state index is 13.2. The van der Waals surface area contributed by atoms with Gasteiger partial charge in [0.25, 0.3) is 0 Å². The average Bonchev–Trinajstić information content (AvgIpc) is 2.68. The quantitative estimate of drug-likeness (QED) is 0.536. The number of rotatable bonds is 3.